The van der Waals surface area contributed by atoms with Gasteiger partial charge in [-0.2, -0.15) is 0 Å². The predicted molar refractivity (Wildman–Crippen MR) is 220 cm³/mol. The third-order valence-electron chi connectivity index (χ3n) is 11.0. The van der Waals surface area contributed by atoms with E-state index in [0.717, 1.165) is 5.69 Å². The van der Waals surface area contributed by atoms with Crippen LogP contribution in [0.2, 0.25) is 0 Å². The number of hydrogen-bond donors (Lipinski definition) is 0. The average molecular weight is 664 g/mol. The zero-order chi connectivity index (χ0) is 34.3. The van der Waals surface area contributed by atoms with Crippen LogP contribution in [0, 0.1) is 0 Å². The lowest BCUT2D eigenvalue weighted by Gasteiger charge is -2.10. The molecule has 0 bridgehead atoms. The molecule has 8 aromatic carbocycles. The van der Waals surface area contributed by atoms with Crippen LogP contribution in [0.3, 0.4) is 0 Å². The normalized spacial score (nSPS) is 11.9. The van der Waals surface area contributed by atoms with E-state index < -0.39 is 0 Å². The van der Waals surface area contributed by atoms with Crippen molar-refractivity contribution in [3.8, 4) is 33.6 Å². The number of rotatable bonds is 4. The molecule has 0 atom stereocenters. The van der Waals surface area contributed by atoms with Gasteiger partial charge in [-0.25, -0.2) is 0 Å². The van der Waals surface area contributed by atoms with E-state index in [1.54, 1.807) is 0 Å². The minimum Gasteiger partial charge on any atom is -0.344 e. The van der Waals surface area contributed by atoms with Crippen molar-refractivity contribution in [2.24, 2.45) is 7.05 Å². The summed E-state index contributed by atoms with van der Waals surface area (Å²) in [5.74, 6) is 0. The van der Waals surface area contributed by atoms with Gasteiger partial charge in [-0.05, 0) is 101 Å². The van der Waals surface area contributed by atoms with Crippen LogP contribution >= 0.6 is 0 Å². The molecule has 0 amide bonds. The van der Waals surface area contributed by atoms with E-state index in [9.17, 15) is 0 Å². The second-order valence-corrected chi connectivity index (χ2v) is 13.9. The zero-order valence-electron chi connectivity index (χ0n) is 28.7. The number of aryl methyl sites for hydroxylation is 1. The smallest absolute Gasteiger partial charge is 0.0547 e. The van der Waals surface area contributed by atoms with Crippen LogP contribution in [-0.2, 0) is 7.05 Å². The van der Waals surface area contributed by atoms with Crippen LogP contribution in [0.15, 0.2) is 182 Å². The first kappa shape index (κ1) is 28.9. The topological polar surface area (TPSA) is 14.8 Å². The van der Waals surface area contributed by atoms with E-state index >= 15 is 0 Å². The molecule has 3 heteroatoms. The monoisotopic (exact) mass is 663 g/mol. The second-order valence-electron chi connectivity index (χ2n) is 13.9. The molecule has 11 rings (SSSR count). The Labute approximate surface area is 300 Å². The Morgan fingerprint density at radius 1 is 0.269 bits per heavy atom. The Bertz CT molecular complexity index is 3180. The molecule has 0 fully saturated rings. The van der Waals surface area contributed by atoms with E-state index in [-0.39, 0.29) is 0 Å². The van der Waals surface area contributed by atoms with E-state index in [1.807, 2.05) is 0 Å². The quantitative estimate of drug-likeness (QED) is 0.178. The molecule has 0 radical (unpaired) electrons. The van der Waals surface area contributed by atoms with E-state index in [0.29, 0.717) is 0 Å². The lowest BCUT2D eigenvalue weighted by molar-refractivity contribution is 1.01. The maximum absolute atomic E-state index is 2.41. The largest absolute Gasteiger partial charge is 0.344 e. The first-order valence-electron chi connectivity index (χ1n) is 17.9. The molecule has 0 unspecified atom stereocenters. The van der Waals surface area contributed by atoms with Crippen molar-refractivity contribution in [3.05, 3.63) is 182 Å². The summed E-state index contributed by atoms with van der Waals surface area (Å²) in [5.41, 5.74) is 14.5. The maximum atomic E-state index is 2.41. The number of para-hydroxylation sites is 4. The summed E-state index contributed by atoms with van der Waals surface area (Å²) in [6.45, 7) is 0. The van der Waals surface area contributed by atoms with E-state index in [4.69, 9.17) is 0 Å². The SMILES string of the molecule is Cn1c2ccccc2c2cc(-c3ccc4c(c3)c3cc(-c5ccc6c7ccccc7n(-c7ccccc7)c6c5)ccc3n4-c3ccccc3)ccc21. The number of hydrogen-bond acceptors (Lipinski definition) is 0. The summed E-state index contributed by atoms with van der Waals surface area (Å²) < 4.78 is 7.10. The summed E-state index contributed by atoms with van der Waals surface area (Å²) in [6, 6.07) is 66.6. The fraction of sp³-hybridized carbons (Fsp3) is 0.0204. The lowest BCUT2D eigenvalue weighted by atomic mass is 9.98. The van der Waals surface area contributed by atoms with Gasteiger partial charge in [0.25, 0.3) is 0 Å². The molecule has 0 aliphatic carbocycles. The first-order valence-corrected chi connectivity index (χ1v) is 17.9. The molecule has 52 heavy (non-hydrogen) atoms. The Hall–Kier alpha value is -6.84. The van der Waals surface area contributed by atoms with Gasteiger partial charge in [-0.15, -0.1) is 0 Å². The van der Waals surface area contributed by atoms with Crippen molar-refractivity contribution in [1.29, 1.82) is 0 Å². The molecule has 244 valence electrons. The standard InChI is InChI=1S/C49H33N3/c1-50-44-18-10-8-17-39(44)41-28-32(21-25-45(41)50)33-22-26-47-42(29-33)43-30-34(23-27-48(43)51(47)36-12-4-2-5-13-36)35-20-24-40-38-16-9-11-19-46(38)52(49(40)31-35)37-14-6-3-7-15-37/h2-31H,1H3. The highest BCUT2D eigenvalue weighted by Crippen LogP contribution is 2.40. The third kappa shape index (κ3) is 4.20. The van der Waals surface area contributed by atoms with E-state index in [1.165, 1.54) is 93.4 Å². The summed E-state index contributed by atoms with van der Waals surface area (Å²) in [7, 11) is 2.16. The minimum atomic E-state index is 1.16. The molecule has 0 N–H and O–H groups in total. The molecule has 0 saturated heterocycles. The first-order chi connectivity index (χ1) is 25.7. The lowest BCUT2D eigenvalue weighted by Crippen LogP contribution is -1.93. The van der Waals surface area contributed by atoms with Gasteiger partial charge in [0.05, 0.1) is 22.1 Å². The molecule has 11 aromatic rings. The number of aromatic nitrogens is 3. The van der Waals surface area contributed by atoms with Crippen molar-refractivity contribution in [2.45, 2.75) is 0 Å². The Balaban J connectivity index is 1.13. The highest BCUT2D eigenvalue weighted by Gasteiger charge is 2.17. The Morgan fingerprint density at radius 3 is 1.23 bits per heavy atom. The Morgan fingerprint density at radius 2 is 0.635 bits per heavy atom. The summed E-state index contributed by atoms with van der Waals surface area (Å²) in [5, 5.41) is 7.59. The van der Waals surface area contributed by atoms with Crippen LogP contribution in [0.5, 0.6) is 0 Å². The van der Waals surface area contributed by atoms with Gasteiger partial charge in [-0.1, -0.05) is 103 Å². The molecule has 0 spiro atoms. The van der Waals surface area contributed by atoms with Crippen LogP contribution in [0.4, 0.5) is 0 Å². The summed E-state index contributed by atoms with van der Waals surface area (Å²) in [4.78, 5) is 0. The van der Waals surface area contributed by atoms with Gasteiger partial charge in [0, 0.05) is 61.8 Å². The summed E-state index contributed by atoms with van der Waals surface area (Å²) in [6.07, 6.45) is 0. The van der Waals surface area contributed by atoms with Crippen molar-refractivity contribution in [3.63, 3.8) is 0 Å². The van der Waals surface area contributed by atoms with Crippen LogP contribution in [-0.4, -0.2) is 13.7 Å². The number of fused-ring (bicyclic) bond motifs is 9. The fourth-order valence-electron chi connectivity index (χ4n) is 8.59. The molecule has 0 saturated carbocycles. The molecular formula is C49H33N3. The fourth-order valence-corrected chi connectivity index (χ4v) is 8.59. The van der Waals surface area contributed by atoms with Gasteiger partial charge in [0.15, 0.2) is 0 Å². The highest BCUT2D eigenvalue weighted by atomic mass is 15.0. The Kier molecular flexibility index (Phi) is 6.17. The van der Waals surface area contributed by atoms with Crippen molar-refractivity contribution in [1.82, 2.24) is 13.7 Å². The molecule has 0 aliphatic heterocycles. The van der Waals surface area contributed by atoms with Crippen molar-refractivity contribution >= 4 is 65.4 Å². The predicted octanol–water partition coefficient (Wildman–Crippen LogP) is 12.9. The number of benzene rings is 8. The molecule has 3 aromatic heterocycles. The van der Waals surface area contributed by atoms with Crippen molar-refractivity contribution < 1.29 is 0 Å². The van der Waals surface area contributed by atoms with Crippen LogP contribution < -0.4 is 0 Å². The van der Waals surface area contributed by atoms with Crippen molar-refractivity contribution in [2.75, 3.05) is 0 Å². The average Bonchev–Trinajstić information content (AvgIpc) is 3.82. The van der Waals surface area contributed by atoms with Gasteiger partial charge in [-0.3, -0.25) is 0 Å². The van der Waals surface area contributed by atoms with Gasteiger partial charge in [0.1, 0.15) is 0 Å². The summed E-state index contributed by atoms with van der Waals surface area (Å²) >= 11 is 0. The van der Waals surface area contributed by atoms with Crippen LogP contribution in [0.1, 0.15) is 0 Å². The molecule has 3 nitrogen and oxygen atoms in total. The highest BCUT2D eigenvalue weighted by molar-refractivity contribution is 6.14. The van der Waals surface area contributed by atoms with Gasteiger partial charge in [0.2, 0.25) is 0 Å². The number of nitrogens with zero attached hydrogens (tertiary/aromatic N) is 3. The second kappa shape index (κ2) is 11.1. The molecule has 3 heterocycles. The molecule has 0 aliphatic rings. The third-order valence-corrected chi connectivity index (χ3v) is 11.0. The zero-order valence-corrected chi connectivity index (χ0v) is 28.7. The minimum absolute atomic E-state index is 1.16. The van der Waals surface area contributed by atoms with Gasteiger partial charge >= 0.3 is 0 Å². The molecular weight excluding hydrogens is 631 g/mol. The maximum Gasteiger partial charge on any atom is 0.0547 e. The van der Waals surface area contributed by atoms with E-state index in [2.05, 4.69) is 203 Å². The van der Waals surface area contributed by atoms with Gasteiger partial charge < -0.3 is 13.7 Å². The van der Waals surface area contributed by atoms with Crippen LogP contribution in [0.25, 0.3) is 99.0 Å².